The number of hydrogen-bond acceptors (Lipinski definition) is 4. The lowest BCUT2D eigenvalue weighted by molar-refractivity contribution is -0.117. The molecule has 0 aliphatic carbocycles. The van der Waals surface area contributed by atoms with E-state index >= 15 is 0 Å². The summed E-state index contributed by atoms with van der Waals surface area (Å²) in [5.41, 5.74) is 5.83. The molecule has 1 atom stereocenters. The third-order valence-corrected chi connectivity index (χ3v) is 4.59. The summed E-state index contributed by atoms with van der Waals surface area (Å²) < 4.78 is 27.4. The molecule has 21 heavy (non-hydrogen) atoms. The van der Waals surface area contributed by atoms with Crippen LogP contribution in [-0.4, -0.2) is 25.9 Å². The summed E-state index contributed by atoms with van der Waals surface area (Å²) in [6, 6.07) is 4.06. The fourth-order valence-electron chi connectivity index (χ4n) is 1.75. The minimum Gasteiger partial charge on any atom is -0.324 e. The number of amides is 1. The predicted octanol–water partition coefficient (Wildman–Crippen LogP) is 1.36. The first-order valence-electron chi connectivity index (χ1n) is 6.64. The van der Waals surface area contributed by atoms with Crippen molar-refractivity contribution in [3.8, 4) is 0 Å². The van der Waals surface area contributed by atoms with Crippen LogP contribution >= 0.6 is 0 Å². The summed E-state index contributed by atoms with van der Waals surface area (Å²) in [5, 5.41) is 2.63. The quantitative estimate of drug-likeness (QED) is 0.781. The minimum absolute atomic E-state index is 0.139. The van der Waals surface area contributed by atoms with Gasteiger partial charge in [-0.1, -0.05) is 6.07 Å². The number of carbonyl (C=O) groups is 1. The monoisotopic (exact) mass is 313 g/mol. The van der Waals surface area contributed by atoms with Crippen molar-refractivity contribution in [3.05, 3.63) is 23.8 Å². The Bertz CT molecular complexity index is 631. The van der Waals surface area contributed by atoms with Gasteiger partial charge in [-0.3, -0.25) is 4.79 Å². The van der Waals surface area contributed by atoms with Gasteiger partial charge >= 0.3 is 0 Å². The zero-order chi connectivity index (χ0) is 16.4. The van der Waals surface area contributed by atoms with Crippen LogP contribution in [0.3, 0.4) is 0 Å². The van der Waals surface area contributed by atoms with Crippen molar-refractivity contribution in [1.29, 1.82) is 0 Å². The lowest BCUT2D eigenvalue weighted by Crippen LogP contribution is -2.40. The molecule has 0 fully saturated rings. The zero-order valence-corrected chi connectivity index (χ0v) is 13.8. The van der Waals surface area contributed by atoms with E-state index in [9.17, 15) is 13.2 Å². The number of nitrogens with one attached hydrogen (secondary N) is 2. The molecule has 0 unspecified atom stereocenters. The summed E-state index contributed by atoms with van der Waals surface area (Å²) in [7, 11) is -3.66. The van der Waals surface area contributed by atoms with Crippen LogP contribution in [0.15, 0.2) is 23.1 Å². The van der Waals surface area contributed by atoms with Gasteiger partial charge in [0, 0.05) is 11.2 Å². The minimum atomic E-state index is -3.66. The molecule has 118 valence electrons. The third-order valence-electron chi connectivity index (χ3n) is 2.69. The lowest BCUT2D eigenvalue weighted by Gasteiger charge is -2.22. The first-order valence-corrected chi connectivity index (χ1v) is 8.12. The molecule has 1 aromatic rings. The molecule has 0 aliphatic rings. The van der Waals surface area contributed by atoms with E-state index in [0.29, 0.717) is 11.3 Å². The highest BCUT2D eigenvalue weighted by Gasteiger charge is 2.24. The molecular weight excluding hydrogens is 290 g/mol. The number of rotatable bonds is 4. The lowest BCUT2D eigenvalue weighted by atomic mass is 10.1. The van der Waals surface area contributed by atoms with Crippen LogP contribution in [0.4, 0.5) is 5.69 Å². The molecule has 0 aromatic heterocycles. The van der Waals surface area contributed by atoms with Crippen molar-refractivity contribution in [3.63, 3.8) is 0 Å². The Morgan fingerprint density at radius 2 is 1.86 bits per heavy atom. The zero-order valence-electron chi connectivity index (χ0n) is 13.0. The molecule has 7 heteroatoms. The smallest absolute Gasteiger partial charge is 0.241 e. The van der Waals surface area contributed by atoms with Crippen LogP contribution in [0.2, 0.25) is 0 Å². The van der Waals surface area contributed by atoms with Crippen molar-refractivity contribution in [2.24, 2.45) is 5.73 Å². The van der Waals surface area contributed by atoms with E-state index in [1.54, 1.807) is 46.8 Å². The predicted molar refractivity (Wildman–Crippen MR) is 83.5 cm³/mol. The highest BCUT2D eigenvalue weighted by Crippen LogP contribution is 2.24. The summed E-state index contributed by atoms with van der Waals surface area (Å²) in [6.45, 7) is 8.51. The molecule has 0 saturated heterocycles. The van der Waals surface area contributed by atoms with Crippen LogP contribution in [0.1, 0.15) is 33.3 Å². The molecule has 0 radical (unpaired) electrons. The normalized spacial score (nSPS) is 13.8. The second kappa shape index (κ2) is 6.13. The van der Waals surface area contributed by atoms with Gasteiger partial charge in [-0.2, -0.15) is 0 Å². The molecule has 1 amide bonds. The van der Waals surface area contributed by atoms with Crippen LogP contribution in [0.25, 0.3) is 0 Å². The highest BCUT2D eigenvalue weighted by molar-refractivity contribution is 7.89. The average molecular weight is 313 g/mol. The standard InChI is InChI=1S/C14H23N3O3S/c1-9-11(16-13(18)10(2)15)7-6-8-12(9)21(19,20)17-14(3,4)5/h6-8,10,17H,15H2,1-5H3,(H,16,18)/t10-/m0/s1. The Morgan fingerprint density at radius 1 is 1.29 bits per heavy atom. The van der Waals surface area contributed by atoms with E-state index in [1.807, 2.05) is 0 Å². The van der Waals surface area contributed by atoms with E-state index in [2.05, 4.69) is 10.0 Å². The molecule has 0 aliphatic heterocycles. The van der Waals surface area contributed by atoms with Crippen molar-refractivity contribution in [2.45, 2.75) is 51.1 Å². The molecule has 0 bridgehead atoms. The Labute approximate surface area is 126 Å². The largest absolute Gasteiger partial charge is 0.324 e. The van der Waals surface area contributed by atoms with Crippen LogP contribution in [0.5, 0.6) is 0 Å². The van der Waals surface area contributed by atoms with Crippen molar-refractivity contribution < 1.29 is 13.2 Å². The van der Waals surface area contributed by atoms with E-state index in [-0.39, 0.29) is 10.8 Å². The van der Waals surface area contributed by atoms with Crippen molar-refractivity contribution in [1.82, 2.24) is 4.72 Å². The number of nitrogens with two attached hydrogens (primary N) is 1. The van der Waals surface area contributed by atoms with Gasteiger partial charge in [-0.05, 0) is 52.3 Å². The number of sulfonamides is 1. The Kier molecular flexibility index (Phi) is 5.14. The van der Waals surface area contributed by atoms with Crippen LogP contribution < -0.4 is 15.8 Å². The SMILES string of the molecule is Cc1c(NC(=O)[C@H](C)N)cccc1S(=O)(=O)NC(C)(C)C. The molecule has 0 spiro atoms. The Balaban J connectivity index is 3.20. The second-order valence-electron chi connectivity index (χ2n) is 6.06. The summed E-state index contributed by atoms with van der Waals surface area (Å²) in [4.78, 5) is 11.8. The van der Waals surface area contributed by atoms with Gasteiger partial charge in [0.05, 0.1) is 10.9 Å². The molecule has 0 heterocycles. The maximum absolute atomic E-state index is 12.4. The summed E-state index contributed by atoms with van der Waals surface area (Å²) >= 11 is 0. The van der Waals surface area contributed by atoms with Gasteiger partial charge in [0.1, 0.15) is 0 Å². The van der Waals surface area contributed by atoms with Gasteiger partial charge in [-0.15, -0.1) is 0 Å². The maximum atomic E-state index is 12.4. The van der Waals surface area contributed by atoms with Gasteiger partial charge in [0.15, 0.2) is 0 Å². The molecule has 1 rings (SSSR count). The fourth-order valence-corrected chi connectivity index (χ4v) is 3.43. The van der Waals surface area contributed by atoms with E-state index in [0.717, 1.165) is 0 Å². The molecule has 6 nitrogen and oxygen atoms in total. The maximum Gasteiger partial charge on any atom is 0.241 e. The molecule has 0 saturated carbocycles. The first kappa shape index (κ1) is 17.6. The van der Waals surface area contributed by atoms with Crippen LogP contribution in [0, 0.1) is 6.92 Å². The first-order chi connectivity index (χ1) is 9.44. The van der Waals surface area contributed by atoms with Gasteiger partial charge in [-0.25, -0.2) is 13.1 Å². The molecule has 1 aromatic carbocycles. The van der Waals surface area contributed by atoms with Crippen LogP contribution in [-0.2, 0) is 14.8 Å². The number of anilines is 1. The topological polar surface area (TPSA) is 101 Å². The number of carbonyl (C=O) groups excluding carboxylic acids is 1. The van der Waals surface area contributed by atoms with Crippen molar-refractivity contribution >= 4 is 21.6 Å². The van der Waals surface area contributed by atoms with Crippen molar-refractivity contribution in [2.75, 3.05) is 5.32 Å². The molecule has 4 N–H and O–H groups in total. The average Bonchev–Trinajstić information content (AvgIpc) is 2.28. The van der Waals surface area contributed by atoms with E-state index in [4.69, 9.17) is 5.73 Å². The van der Waals surface area contributed by atoms with E-state index in [1.165, 1.54) is 6.07 Å². The highest BCUT2D eigenvalue weighted by atomic mass is 32.2. The molecular formula is C14H23N3O3S. The van der Waals surface area contributed by atoms with E-state index < -0.39 is 21.6 Å². The number of benzene rings is 1. The Hall–Kier alpha value is -1.44. The summed E-state index contributed by atoms with van der Waals surface area (Å²) in [5.74, 6) is -0.364. The Morgan fingerprint density at radius 3 is 2.33 bits per heavy atom. The fraction of sp³-hybridized carbons (Fsp3) is 0.500. The van der Waals surface area contributed by atoms with Gasteiger partial charge < -0.3 is 11.1 Å². The third kappa shape index (κ3) is 4.80. The number of hydrogen-bond donors (Lipinski definition) is 3. The second-order valence-corrected chi connectivity index (χ2v) is 7.71. The van der Waals surface area contributed by atoms with Gasteiger partial charge in [0.2, 0.25) is 15.9 Å². The van der Waals surface area contributed by atoms with Gasteiger partial charge in [0.25, 0.3) is 0 Å². The summed E-state index contributed by atoms with van der Waals surface area (Å²) in [6.07, 6.45) is 0.